The van der Waals surface area contributed by atoms with Gasteiger partial charge in [-0.05, 0) is 69.5 Å². The second-order valence-electron chi connectivity index (χ2n) is 6.26. The van der Waals surface area contributed by atoms with Crippen LogP contribution >= 0.6 is 11.6 Å². The second kappa shape index (κ2) is 7.71. The van der Waals surface area contributed by atoms with E-state index in [1.54, 1.807) is 19.1 Å². The third-order valence-corrected chi connectivity index (χ3v) is 4.49. The van der Waals surface area contributed by atoms with Crippen LogP contribution in [0.15, 0.2) is 36.4 Å². The largest absolute Gasteiger partial charge is 0.481 e. The number of carbonyl (C=O) groups is 1. The molecule has 2 unspecified atom stereocenters. The molecule has 4 heteroatoms. The topological polar surface area (TPSA) is 38.3 Å². The second-order valence-corrected chi connectivity index (χ2v) is 6.67. The van der Waals surface area contributed by atoms with Gasteiger partial charge in [-0.1, -0.05) is 35.4 Å². The summed E-state index contributed by atoms with van der Waals surface area (Å²) in [6.45, 7) is 9.75. The van der Waals surface area contributed by atoms with Gasteiger partial charge in [0.2, 0.25) is 0 Å². The zero-order chi connectivity index (χ0) is 17.9. The summed E-state index contributed by atoms with van der Waals surface area (Å²) in [5.41, 5.74) is 4.42. The molecule has 0 spiro atoms. The minimum Gasteiger partial charge on any atom is -0.481 e. The molecule has 0 radical (unpaired) electrons. The van der Waals surface area contributed by atoms with Gasteiger partial charge in [-0.15, -0.1) is 0 Å². The molecule has 0 heterocycles. The summed E-state index contributed by atoms with van der Waals surface area (Å²) in [5, 5.41) is 3.70. The molecule has 0 aliphatic rings. The van der Waals surface area contributed by atoms with Crippen molar-refractivity contribution >= 4 is 17.5 Å². The number of carbonyl (C=O) groups excluding carboxylic acids is 1. The molecule has 0 saturated carbocycles. The van der Waals surface area contributed by atoms with Gasteiger partial charge in [0.25, 0.3) is 5.91 Å². The van der Waals surface area contributed by atoms with Crippen molar-refractivity contribution in [3.05, 3.63) is 63.7 Å². The molecule has 0 fully saturated rings. The standard InChI is InChI=1S/C20H24ClNO2/c1-12-6-8-18(13(2)10-12)15(4)22-20(23)16(5)24-17-7-9-19(21)14(3)11-17/h6-11,15-16H,1-5H3,(H,22,23). The van der Waals surface area contributed by atoms with Crippen molar-refractivity contribution in [2.75, 3.05) is 0 Å². The average molecular weight is 346 g/mol. The Bertz CT molecular complexity index is 742. The maximum atomic E-state index is 12.4. The van der Waals surface area contributed by atoms with E-state index < -0.39 is 6.10 Å². The summed E-state index contributed by atoms with van der Waals surface area (Å²) < 4.78 is 5.73. The molecular weight excluding hydrogens is 322 g/mol. The van der Waals surface area contributed by atoms with E-state index in [9.17, 15) is 4.79 Å². The van der Waals surface area contributed by atoms with Gasteiger partial charge in [-0.2, -0.15) is 0 Å². The Labute approximate surface area is 149 Å². The molecule has 2 aromatic carbocycles. The zero-order valence-electron chi connectivity index (χ0n) is 14.8. The lowest BCUT2D eigenvalue weighted by Gasteiger charge is -2.20. The van der Waals surface area contributed by atoms with E-state index >= 15 is 0 Å². The highest BCUT2D eigenvalue weighted by atomic mass is 35.5. The highest BCUT2D eigenvalue weighted by Crippen LogP contribution is 2.22. The Morgan fingerprint density at radius 3 is 2.38 bits per heavy atom. The molecule has 2 rings (SSSR count). The summed E-state index contributed by atoms with van der Waals surface area (Å²) >= 11 is 6.01. The fraction of sp³-hybridized carbons (Fsp3) is 0.350. The molecule has 1 N–H and O–H groups in total. The molecule has 0 bridgehead atoms. The van der Waals surface area contributed by atoms with Crippen LogP contribution in [0.5, 0.6) is 5.75 Å². The van der Waals surface area contributed by atoms with Crippen molar-refractivity contribution in [1.29, 1.82) is 0 Å². The highest BCUT2D eigenvalue weighted by Gasteiger charge is 2.18. The van der Waals surface area contributed by atoms with E-state index in [0.717, 1.165) is 11.1 Å². The Morgan fingerprint density at radius 1 is 1.04 bits per heavy atom. The molecule has 1 amide bonds. The van der Waals surface area contributed by atoms with E-state index in [0.29, 0.717) is 10.8 Å². The van der Waals surface area contributed by atoms with Crippen molar-refractivity contribution < 1.29 is 9.53 Å². The van der Waals surface area contributed by atoms with Crippen LogP contribution in [0, 0.1) is 20.8 Å². The van der Waals surface area contributed by atoms with Crippen LogP contribution in [0.4, 0.5) is 0 Å². The van der Waals surface area contributed by atoms with Crippen molar-refractivity contribution in [3.8, 4) is 5.75 Å². The highest BCUT2D eigenvalue weighted by molar-refractivity contribution is 6.31. The predicted octanol–water partition coefficient (Wildman–Crippen LogP) is 4.91. The first kappa shape index (κ1) is 18.3. The molecule has 0 aliphatic heterocycles. The molecule has 3 nitrogen and oxygen atoms in total. The Morgan fingerprint density at radius 2 is 1.75 bits per heavy atom. The van der Waals surface area contributed by atoms with Crippen molar-refractivity contribution in [3.63, 3.8) is 0 Å². The van der Waals surface area contributed by atoms with Gasteiger partial charge in [0, 0.05) is 5.02 Å². The van der Waals surface area contributed by atoms with Crippen LogP contribution in [0.1, 0.15) is 42.1 Å². The molecule has 24 heavy (non-hydrogen) atoms. The van der Waals surface area contributed by atoms with Crippen molar-refractivity contribution in [1.82, 2.24) is 5.32 Å². The van der Waals surface area contributed by atoms with E-state index in [1.165, 1.54) is 11.1 Å². The number of hydrogen-bond donors (Lipinski definition) is 1. The first-order valence-electron chi connectivity index (χ1n) is 8.08. The summed E-state index contributed by atoms with van der Waals surface area (Å²) in [5.74, 6) is 0.494. The maximum absolute atomic E-state index is 12.4. The Balaban J connectivity index is 2.01. The van der Waals surface area contributed by atoms with Crippen LogP contribution in [-0.2, 0) is 4.79 Å². The number of aryl methyl sites for hydroxylation is 3. The summed E-state index contributed by atoms with van der Waals surface area (Å²) in [7, 11) is 0. The number of nitrogens with one attached hydrogen (secondary N) is 1. The molecule has 0 aromatic heterocycles. The monoisotopic (exact) mass is 345 g/mol. The number of rotatable bonds is 5. The molecule has 0 saturated heterocycles. The summed E-state index contributed by atoms with van der Waals surface area (Å²) in [4.78, 5) is 12.4. The molecule has 2 aromatic rings. The Hall–Kier alpha value is -2.00. The van der Waals surface area contributed by atoms with Crippen LogP contribution < -0.4 is 10.1 Å². The number of ether oxygens (including phenoxy) is 1. The number of halogens is 1. The minimum absolute atomic E-state index is 0.0731. The first-order chi connectivity index (χ1) is 11.3. The van der Waals surface area contributed by atoms with E-state index in [4.69, 9.17) is 16.3 Å². The van der Waals surface area contributed by atoms with Gasteiger partial charge in [0.05, 0.1) is 6.04 Å². The fourth-order valence-electron chi connectivity index (χ4n) is 2.67. The number of hydrogen-bond acceptors (Lipinski definition) is 2. The lowest BCUT2D eigenvalue weighted by atomic mass is 10.0. The van der Waals surface area contributed by atoms with Gasteiger partial charge < -0.3 is 10.1 Å². The number of benzene rings is 2. The molecular formula is C20H24ClNO2. The van der Waals surface area contributed by atoms with Crippen LogP contribution in [-0.4, -0.2) is 12.0 Å². The smallest absolute Gasteiger partial charge is 0.261 e. The van der Waals surface area contributed by atoms with E-state index in [-0.39, 0.29) is 11.9 Å². The van der Waals surface area contributed by atoms with Crippen molar-refractivity contribution in [2.24, 2.45) is 0 Å². The normalized spacial score (nSPS) is 13.2. The third kappa shape index (κ3) is 4.51. The van der Waals surface area contributed by atoms with Gasteiger partial charge >= 0.3 is 0 Å². The van der Waals surface area contributed by atoms with E-state index in [2.05, 4.69) is 37.4 Å². The lowest BCUT2D eigenvalue weighted by molar-refractivity contribution is -0.127. The van der Waals surface area contributed by atoms with Crippen LogP contribution in [0.3, 0.4) is 0 Å². The van der Waals surface area contributed by atoms with E-state index in [1.807, 2.05) is 19.9 Å². The van der Waals surface area contributed by atoms with Gasteiger partial charge in [-0.25, -0.2) is 0 Å². The summed E-state index contributed by atoms with van der Waals surface area (Å²) in [6, 6.07) is 11.5. The van der Waals surface area contributed by atoms with Gasteiger partial charge in [0.1, 0.15) is 5.75 Å². The third-order valence-electron chi connectivity index (χ3n) is 4.06. The quantitative estimate of drug-likeness (QED) is 0.836. The SMILES string of the molecule is Cc1ccc(C(C)NC(=O)C(C)Oc2ccc(Cl)c(C)c2)c(C)c1. The number of amides is 1. The fourth-order valence-corrected chi connectivity index (χ4v) is 2.79. The van der Waals surface area contributed by atoms with Gasteiger partial charge in [-0.3, -0.25) is 4.79 Å². The average Bonchev–Trinajstić information content (AvgIpc) is 2.50. The summed E-state index contributed by atoms with van der Waals surface area (Å²) in [6.07, 6.45) is -0.584. The molecule has 128 valence electrons. The molecule has 0 aliphatic carbocycles. The van der Waals surface area contributed by atoms with Crippen LogP contribution in [0.25, 0.3) is 0 Å². The lowest BCUT2D eigenvalue weighted by Crippen LogP contribution is -2.38. The minimum atomic E-state index is -0.584. The maximum Gasteiger partial charge on any atom is 0.261 e. The zero-order valence-corrected chi connectivity index (χ0v) is 15.6. The van der Waals surface area contributed by atoms with Crippen molar-refractivity contribution in [2.45, 2.75) is 46.8 Å². The first-order valence-corrected chi connectivity index (χ1v) is 8.46. The Kier molecular flexibility index (Phi) is 5.89. The predicted molar refractivity (Wildman–Crippen MR) is 98.8 cm³/mol. The molecule has 2 atom stereocenters. The van der Waals surface area contributed by atoms with Crippen LogP contribution in [0.2, 0.25) is 5.02 Å². The van der Waals surface area contributed by atoms with Gasteiger partial charge in [0.15, 0.2) is 6.10 Å².